The summed E-state index contributed by atoms with van der Waals surface area (Å²) < 4.78 is 15.0. The number of likely N-dealkylation sites (N-methyl/N-ethyl adjacent to an activating group) is 1. The predicted molar refractivity (Wildman–Crippen MR) is 77.2 cm³/mol. The van der Waals surface area contributed by atoms with Gasteiger partial charge in [0.05, 0.1) is 21.1 Å². The summed E-state index contributed by atoms with van der Waals surface area (Å²) in [6, 6.07) is 0. The molecule has 0 aromatic carbocycles. The number of hydrogen-bond donors (Lipinski definition) is 1. The lowest BCUT2D eigenvalue weighted by Crippen LogP contribution is -2.42. The second-order valence-electron chi connectivity index (χ2n) is 5.85. The van der Waals surface area contributed by atoms with Gasteiger partial charge < -0.3 is 23.8 Å². The number of ether oxygens (including phenoxy) is 3. The van der Waals surface area contributed by atoms with E-state index in [4.69, 9.17) is 14.6 Å². The average Bonchev–Trinajstić information content (AvgIpc) is 2.41. The Hall–Kier alpha value is -2.00. The standard InChI is InChI=1S/C14H23NO8/c1-6-10(11(17)18)22-13(20)14(23-12(19)9(2)16)21-8-7-15(3,4)5/h10,14H,6-8H2,1-5H3/p+1. The number of ketones is 1. The Morgan fingerprint density at radius 2 is 1.65 bits per heavy atom. The smallest absolute Gasteiger partial charge is 0.377 e. The van der Waals surface area contributed by atoms with E-state index in [0.717, 1.165) is 6.92 Å². The molecule has 0 aromatic heterocycles. The van der Waals surface area contributed by atoms with Gasteiger partial charge in [-0.3, -0.25) is 4.79 Å². The molecule has 0 aliphatic heterocycles. The molecule has 132 valence electrons. The molecule has 0 rings (SSSR count). The molecule has 0 saturated heterocycles. The summed E-state index contributed by atoms with van der Waals surface area (Å²) >= 11 is 0. The molecule has 0 bridgehead atoms. The minimum Gasteiger partial charge on any atom is -0.479 e. The largest absolute Gasteiger partial charge is 0.479 e. The Morgan fingerprint density at radius 3 is 2.04 bits per heavy atom. The molecule has 0 amide bonds. The lowest BCUT2D eigenvalue weighted by atomic mass is 10.3. The highest BCUT2D eigenvalue weighted by atomic mass is 16.7. The predicted octanol–water partition coefficient (Wildman–Crippen LogP) is -0.426. The molecular formula is C14H24NO8+. The molecular weight excluding hydrogens is 310 g/mol. The van der Waals surface area contributed by atoms with Gasteiger partial charge in [-0.1, -0.05) is 6.92 Å². The zero-order chi connectivity index (χ0) is 18.2. The summed E-state index contributed by atoms with van der Waals surface area (Å²) in [5.74, 6) is -4.68. The molecule has 0 radical (unpaired) electrons. The fourth-order valence-electron chi connectivity index (χ4n) is 1.27. The number of carbonyl (C=O) groups excluding carboxylic acids is 3. The van der Waals surface area contributed by atoms with Crippen molar-refractivity contribution >= 4 is 23.7 Å². The van der Waals surface area contributed by atoms with Crippen LogP contribution in [0.5, 0.6) is 0 Å². The van der Waals surface area contributed by atoms with Crippen LogP contribution in [0.4, 0.5) is 0 Å². The van der Waals surface area contributed by atoms with Gasteiger partial charge in [0.2, 0.25) is 5.78 Å². The third kappa shape index (κ3) is 8.89. The zero-order valence-corrected chi connectivity index (χ0v) is 14.0. The summed E-state index contributed by atoms with van der Waals surface area (Å²) in [4.78, 5) is 45.1. The van der Waals surface area contributed by atoms with Crippen LogP contribution in [-0.4, -0.2) is 80.0 Å². The summed E-state index contributed by atoms with van der Waals surface area (Å²) in [5, 5.41) is 8.87. The molecule has 0 aromatic rings. The van der Waals surface area contributed by atoms with Crippen LogP contribution >= 0.6 is 0 Å². The third-order valence-electron chi connectivity index (χ3n) is 2.63. The molecule has 0 aliphatic carbocycles. The maximum absolute atomic E-state index is 11.9. The zero-order valence-electron chi connectivity index (χ0n) is 14.0. The molecule has 9 heteroatoms. The van der Waals surface area contributed by atoms with E-state index in [1.54, 1.807) is 0 Å². The van der Waals surface area contributed by atoms with Crippen molar-refractivity contribution in [2.24, 2.45) is 0 Å². The van der Waals surface area contributed by atoms with Gasteiger partial charge in [0, 0.05) is 6.92 Å². The van der Waals surface area contributed by atoms with Crippen LogP contribution in [0.2, 0.25) is 0 Å². The maximum atomic E-state index is 11.9. The first kappa shape index (κ1) is 21.0. The van der Waals surface area contributed by atoms with Gasteiger partial charge in [0.15, 0.2) is 6.10 Å². The highest BCUT2D eigenvalue weighted by molar-refractivity contribution is 6.32. The van der Waals surface area contributed by atoms with Gasteiger partial charge in [-0.25, -0.2) is 14.4 Å². The number of Topliss-reactive ketones (excluding diaryl/α,β-unsaturated/α-hetero) is 1. The van der Waals surface area contributed by atoms with E-state index in [1.165, 1.54) is 6.92 Å². The number of quaternary nitrogens is 1. The van der Waals surface area contributed by atoms with E-state index in [2.05, 4.69) is 4.74 Å². The number of rotatable bonds is 10. The SMILES string of the molecule is CCC(OC(=O)C(OCC[N+](C)(C)C)OC(=O)C(C)=O)C(=O)O. The molecule has 0 spiro atoms. The van der Waals surface area contributed by atoms with Crippen molar-refractivity contribution in [1.29, 1.82) is 0 Å². The van der Waals surface area contributed by atoms with Crippen LogP contribution in [0.15, 0.2) is 0 Å². The second kappa shape index (κ2) is 9.21. The topological polar surface area (TPSA) is 116 Å². The number of carboxylic acids is 1. The van der Waals surface area contributed by atoms with Crippen LogP contribution in [0.1, 0.15) is 20.3 Å². The minimum atomic E-state index is -1.79. The van der Waals surface area contributed by atoms with Crippen LogP contribution in [0.25, 0.3) is 0 Å². The summed E-state index contributed by atoms with van der Waals surface area (Å²) in [6.45, 7) is 3.01. The van der Waals surface area contributed by atoms with Crippen LogP contribution in [0, 0.1) is 0 Å². The quantitative estimate of drug-likeness (QED) is 0.248. The molecule has 0 aliphatic rings. The van der Waals surface area contributed by atoms with Crippen LogP contribution < -0.4 is 0 Å². The fraction of sp³-hybridized carbons (Fsp3) is 0.714. The van der Waals surface area contributed by atoms with Crippen molar-refractivity contribution < 1.29 is 43.0 Å². The van der Waals surface area contributed by atoms with Crippen molar-refractivity contribution in [2.45, 2.75) is 32.7 Å². The number of carboxylic acid groups (broad SMARTS) is 1. The normalized spacial score (nSPS) is 13.8. The Balaban J connectivity index is 4.87. The van der Waals surface area contributed by atoms with Crippen molar-refractivity contribution in [2.75, 3.05) is 34.3 Å². The first-order valence-corrected chi connectivity index (χ1v) is 7.04. The van der Waals surface area contributed by atoms with Crippen molar-refractivity contribution in [3.8, 4) is 0 Å². The van der Waals surface area contributed by atoms with Gasteiger partial charge in [-0.2, -0.15) is 0 Å². The lowest BCUT2D eigenvalue weighted by molar-refractivity contribution is -0.870. The highest BCUT2D eigenvalue weighted by Crippen LogP contribution is 2.06. The second-order valence-corrected chi connectivity index (χ2v) is 5.85. The monoisotopic (exact) mass is 334 g/mol. The number of esters is 2. The van der Waals surface area contributed by atoms with Gasteiger partial charge in [0.1, 0.15) is 13.2 Å². The average molecular weight is 334 g/mol. The first-order valence-electron chi connectivity index (χ1n) is 7.04. The van der Waals surface area contributed by atoms with Gasteiger partial charge in [0.25, 0.3) is 0 Å². The molecule has 1 N–H and O–H groups in total. The Bertz CT molecular complexity index is 454. The number of nitrogens with zero attached hydrogens (tertiary/aromatic N) is 1. The van der Waals surface area contributed by atoms with E-state index in [9.17, 15) is 19.2 Å². The maximum Gasteiger partial charge on any atom is 0.377 e. The van der Waals surface area contributed by atoms with Crippen LogP contribution in [0.3, 0.4) is 0 Å². The Kier molecular flexibility index (Phi) is 8.41. The Labute approximate surface area is 134 Å². The van der Waals surface area contributed by atoms with Crippen molar-refractivity contribution in [3.05, 3.63) is 0 Å². The number of carbonyl (C=O) groups is 4. The molecule has 0 heterocycles. The van der Waals surface area contributed by atoms with Gasteiger partial charge in [-0.15, -0.1) is 0 Å². The Morgan fingerprint density at radius 1 is 1.09 bits per heavy atom. The van der Waals surface area contributed by atoms with Gasteiger partial charge in [-0.05, 0) is 6.42 Å². The lowest BCUT2D eigenvalue weighted by Gasteiger charge is -2.25. The van der Waals surface area contributed by atoms with Crippen molar-refractivity contribution in [1.82, 2.24) is 0 Å². The third-order valence-corrected chi connectivity index (χ3v) is 2.63. The first-order chi connectivity index (χ1) is 10.5. The number of hydrogen-bond acceptors (Lipinski definition) is 7. The van der Waals surface area contributed by atoms with E-state index < -0.39 is 36.1 Å². The van der Waals surface area contributed by atoms with E-state index in [1.807, 2.05) is 21.1 Å². The van der Waals surface area contributed by atoms with Crippen LogP contribution in [-0.2, 0) is 33.4 Å². The van der Waals surface area contributed by atoms with E-state index in [0.29, 0.717) is 11.0 Å². The number of aliphatic carboxylic acids is 1. The van der Waals surface area contributed by atoms with E-state index in [-0.39, 0.29) is 13.0 Å². The molecule has 0 fully saturated rings. The summed E-state index contributed by atoms with van der Waals surface area (Å²) in [6.07, 6.45) is -3.14. The molecule has 23 heavy (non-hydrogen) atoms. The summed E-state index contributed by atoms with van der Waals surface area (Å²) in [5.41, 5.74) is 0. The molecule has 2 atom stereocenters. The highest BCUT2D eigenvalue weighted by Gasteiger charge is 2.31. The van der Waals surface area contributed by atoms with Gasteiger partial charge >= 0.3 is 24.2 Å². The fourth-order valence-corrected chi connectivity index (χ4v) is 1.27. The molecule has 2 unspecified atom stereocenters. The van der Waals surface area contributed by atoms with E-state index >= 15 is 0 Å². The van der Waals surface area contributed by atoms with Crippen molar-refractivity contribution in [3.63, 3.8) is 0 Å². The minimum absolute atomic E-state index is 0.0350. The summed E-state index contributed by atoms with van der Waals surface area (Å²) in [7, 11) is 5.65. The molecule has 9 nitrogen and oxygen atoms in total. The molecule has 0 saturated carbocycles.